The van der Waals surface area contributed by atoms with Gasteiger partial charge in [-0.15, -0.1) is 0 Å². The molecule has 1 aromatic rings. The van der Waals surface area contributed by atoms with Crippen LogP contribution in [-0.2, 0) is 4.79 Å². The van der Waals surface area contributed by atoms with E-state index in [2.05, 4.69) is 5.32 Å². The summed E-state index contributed by atoms with van der Waals surface area (Å²) in [5, 5.41) is 2.83. The van der Waals surface area contributed by atoms with Gasteiger partial charge in [0, 0.05) is 0 Å². The first-order valence-corrected chi connectivity index (χ1v) is 6.81. The van der Waals surface area contributed by atoms with Crippen molar-refractivity contribution in [3.63, 3.8) is 0 Å². The number of amides is 1. The summed E-state index contributed by atoms with van der Waals surface area (Å²) in [5.41, 5.74) is 5.83. The predicted molar refractivity (Wildman–Crippen MR) is 77.0 cm³/mol. The van der Waals surface area contributed by atoms with E-state index in [1.54, 1.807) is 19.1 Å². The van der Waals surface area contributed by atoms with Gasteiger partial charge in [-0.1, -0.05) is 19.9 Å². The number of halogens is 1. The van der Waals surface area contributed by atoms with E-state index in [4.69, 9.17) is 10.5 Å². The Hall–Kier alpha value is -1.62. The molecule has 0 aliphatic heterocycles. The molecule has 20 heavy (non-hydrogen) atoms. The third kappa shape index (κ3) is 3.48. The molecule has 4 nitrogen and oxygen atoms in total. The molecular weight excluding hydrogens is 259 g/mol. The summed E-state index contributed by atoms with van der Waals surface area (Å²) in [6, 6.07) is 4.31. The minimum atomic E-state index is -0.876. The van der Waals surface area contributed by atoms with Gasteiger partial charge in [-0.25, -0.2) is 4.39 Å². The van der Waals surface area contributed by atoms with Gasteiger partial charge in [0.15, 0.2) is 11.6 Å². The predicted octanol–water partition coefficient (Wildman–Crippen LogP) is 2.53. The van der Waals surface area contributed by atoms with Crippen molar-refractivity contribution in [1.29, 1.82) is 0 Å². The first-order valence-electron chi connectivity index (χ1n) is 6.81. The van der Waals surface area contributed by atoms with Crippen LogP contribution < -0.4 is 15.8 Å². The molecule has 1 atom stereocenters. The number of hydrogen-bond donors (Lipinski definition) is 2. The number of nitrogens with one attached hydrogen (secondary N) is 1. The van der Waals surface area contributed by atoms with Crippen LogP contribution in [0, 0.1) is 5.82 Å². The number of carbonyl (C=O) groups excluding carboxylic acids is 1. The summed E-state index contributed by atoms with van der Waals surface area (Å²) >= 11 is 0. The van der Waals surface area contributed by atoms with Crippen molar-refractivity contribution in [2.45, 2.75) is 45.2 Å². The van der Waals surface area contributed by atoms with E-state index in [0.717, 1.165) is 0 Å². The molecule has 1 rings (SSSR count). The summed E-state index contributed by atoms with van der Waals surface area (Å²) in [6.45, 7) is 5.55. The molecule has 0 saturated heterocycles. The van der Waals surface area contributed by atoms with Crippen LogP contribution in [0.15, 0.2) is 18.2 Å². The maximum atomic E-state index is 13.7. The van der Waals surface area contributed by atoms with Crippen LogP contribution in [-0.4, -0.2) is 18.6 Å². The molecule has 1 aromatic carbocycles. The fraction of sp³-hybridized carbons (Fsp3) is 0.533. The summed E-state index contributed by atoms with van der Waals surface area (Å²) in [7, 11) is 1.41. The highest BCUT2D eigenvalue weighted by Crippen LogP contribution is 2.22. The van der Waals surface area contributed by atoms with Crippen LogP contribution in [0.2, 0.25) is 0 Å². The monoisotopic (exact) mass is 282 g/mol. The van der Waals surface area contributed by atoms with E-state index < -0.39 is 11.4 Å². The van der Waals surface area contributed by atoms with Crippen LogP contribution in [0.3, 0.4) is 0 Å². The highest BCUT2D eigenvalue weighted by atomic mass is 19.1. The zero-order valence-electron chi connectivity index (χ0n) is 12.5. The van der Waals surface area contributed by atoms with Gasteiger partial charge in [0.25, 0.3) is 0 Å². The highest BCUT2D eigenvalue weighted by molar-refractivity contribution is 5.86. The Morgan fingerprint density at radius 1 is 1.45 bits per heavy atom. The number of carbonyl (C=O) groups is 1. The molecular formula is C15H23FN2O2. The molecule has 0 aliphatic rings. The van der Waals surface area contributed by atoms with Crippen LogP contribution in [0.5, 0.6) is 5.75 Å². The third-order valence-corrected chi connectivity index (χ3v) is 3.74. The first-order chi connectivity index (χ1) is 9.37. The van der Waals surface area contributed by atoms with Crippen molar-refractivity contribution in [2.75, 3.05) is 7.11 Å². The number of benzene rings is 1. The molecule has 112 valence electrons. The van der Waals surface area contributed by atoms with Crippen molar-refractivity contribution in [3.05, 3.63) is 29.6 Å². The number of hydrogen-bond acceptors (Lipinski definition) is 3. The number of ether oxygens (including phenoxy) is 1. The summed E-state index contributed by atoms with van der Waals surface area (Å²) in [4.78, 5) is 12.2. The molecule has 0 aliphatic carbocycles. The van der Waals surface area contributed by atoms with Gasteiger partial charge in [0.1, 0.15) is 0 Å². The van der Waals surface area contributed by atoms with E-state index in [0.29, 0.717) is 18.4 Å². The lowest BCUT2D eigenvalue weighted by Gasteiger charge is -2.27. The SMILES string of the molecule is CCC(N)(CC)C(=O)NC(C)c1ccc(OC)c(F)c1. The average Bonchev–Trinajstić information content (AvgIpc) is 2.45. The normalized spacial score (nSPS) is 12.9. The second kappa shape index (κ2) is 6.70. The van der Waals surface area contributed by atoms with E-state index >= 15 is 0 Å². The van der Waals surface area contributed by atoms with Crippen molar-refractivity contribution in [1.82, 2.24) is 5.32 Å². The molecule has 5 heteroatoms. The van der Waals surface area contributed by atoms with Crippen LogP contribution in [0.25, 0.3) is 0 Å². The van der Waals surface area contributed by atoms with E-state index in [-0.39, 0.29) is 17.7 Å². The number of methoxy groups -OCH3 is 1. The minimum Gasteiger partial charge on any atom is -0.494 e. The van der Waals surface area contributed by atoms with Gasteiger partial charge >= 0.3 is 0 Å². The van der Waals surface area contributed by atoms with E-state index in [1.807, 2.05) is 13.8 Å². The lowest BCUT2D eigenvalue weighted by atomic mass is 9.92. The van der Waals surface area contributed by atoms with Crippen molar-refractivity contribution in [3.8, 4) is 5.75 Å². The standard InChI is InChI=1S/C15H23FN2O2/c1-5-15(17,6-2)14(19)18-10(3)11-7-8-13(20-4)12(16)9-11/h7-10H,5-6,17H2,1-4H3,(H,18,19). The Labute approximate surface area is 119 Å². The number of rotatable bonds is 6. The van der Waals surface area contributed by atoms with Gasteiger partial charge in [0.05, 0.1) is 18.7 Å². The quantitative estimate of drug-likeness (QED) is 0.842. The Morgan fingerprint density at radius 2 is 2.05 bits per heavy atom. The van der Waals surface area contributed by atoms with Crippen molar-refractivity contribution < 1.29 is 13.9 Å². The minimum absolute atomic E-state index is 0.183. The Morgan fingerprint density at radius 3 is 2.50 bits per heavy atom. The molecule has 0 bridgehead atoms. The summed E-state index contributed by atoms with van der Waals surface area (Å²) < 4.78 is 18.5. The summed E-state index contributed by atoms with van der Waals surface area (Å²) in [6.07, 6.45) is 1.11. The maximum absolute atomic E-state index is 13.7. The molecule has 0 aromatic heterocycles. The molecule has 0 saturated carbocycles. The maximum Gasteiger partial charge on any atom is 0.240 e. The van der Waals surface area contributed by atoms with Gasteiger partial charge in [-0.3, -0.25) is 4.79 Å². The smallest absolute Gasteiger partial charge is 0.240 e. The molecule has 1 amide bonds. The lowest BCUT2D eigenvalue weighted by molar-refractivity contribution is -0.127. The first kappa shape index (κ1) is 16.4. The van der Waals surface area contributed by atoms with Gasteiger partial charge < -0.3 is 15.8 Å². The highest BCUT2D eigenvalue weighted by Gasteiger charge is 2.30. The van der Waals surface area contributed by atoms with Crippen LogP contribution >= 0.6 is 0 Å². The van der Waals surface area contributed by atoms with Gasteiger partial charge in [-0.2, -0.15) is 0 Å². The van der Waals surface area contributed by atoms with Crippen molar-refractivity contribution >= 4 is 5.91 Å². The topological polar surface area (TPSA) is 64.4 Å². The van der Waals surface area contributed by atoms with E-state index in [1.165, 1.54) is 13.2 Å². The Balaban J connectivity index is 2.83. The molecule has 0 heterocycles. The fourth-order valence-electron chi connectivity index (χ4n) is 1.95. The second-order valence-electron chi connectivity index (χ2n) is 4.95. The second-order valence-corrected chi connectivity index (χ2v) is 4.95. The molecule has 1 unspecified atom stereocenters. The van der Waals surface area contributed by atoms with Crippen molar-refractivity contribution in [2.24, 2.45) is 5.73 Å². The zero-order valence-corrected chi connectivity index (χ0v) is 12.5. The Kier molecular flexibility index (Phi) is 5.51. The zero-order chi connectivity index (χ0) is 15.3. The van der Waals surface area contributed by atoms with Gasteiger partial charge in [-0.05, 0) is 37.5 Å². The largest absolute Gasteiger partial charge is 0.494 e. The molecule has 0 radical (unpaired) electrons. The third-order valence-electron chi connectivity index (χ3n) is 3.74. The van der Waals surface area contributed by atoms with E-state index in [9.17, 15) is 9.18 Å². The average molecular weight is 282 g/mol. The number of nitrogens with two attached hydrogens (primary N) is 1. The fourth-order valence-corrected chi connectivity index (χ4v) is 1.95. The van der Waals surface area contributed by atoms with Crippen LogP contribution in [0.4, 0.5) is 4.39 Å². The molecule has 0 fully saturated rings. The van der Waals surface area contributed by atoms with Gasteiger partial charge in [0.2, 0.25) is 5.91 Å². The Bertz CT molecular complexity index is 473. The molecule has 3 N–H and O–H groups in total. The molecule has 0 spiro atoms. The lowest BCUT2D eigenvalue weighted by Crippen LogP contribution is -2.53. The summed E-state index contributed by atoms with van der Waals surface area (Å²) in [5.74, 6) is -0.482. The van der Waals surface area contributed by atoms with Crippen LogP contribution in [0.1, 0.15) is 45.2 Å².